The quantitative estimate of drug-likeness (QED) is 0.865. The molecular formula is C15H21N3O. The highest BCUT2D eigenvalue weighted by atomic mass is 16.5. The Morgan fingerprint density at radius 3 is 2.89 bits per heavy atom. The molecule has 0 aliphatic heterocycles. The Bertz CT molecular complexity index is 520. The smallest absolute Gasteiger partial charge is 0.237 e. The third-order valence-corrected chi connectivity index (χ3v) is 2.78. The summed E-state index contributed by atoms with van der Waals surface area (Å²) in [7, 11) is 0. The largest absolute Gasteiger partial charge is 0.473 e. The number of hydrogen-bond acceptors (Lipinski definition) is 3. The molecule has 0 unspecified atom stereocenters. The maximum absolute atomic E-state index is 5.68. The topological polar surface area (TPSA) is 39.1 Å². The number of anilines is 1. The Hall–Kier alpha value is -1.97. The van der Waals surface area contributed by atoms with Crippen LogP contribution in [0.25, 0.3) is 0 Å². The van der Waals surface area contributed by atoms with Crippen LogP contribution in [0.3, 0.4) is 0 Å². The van der Waals surface area contributed by atoms with Crippen molar-refractivity contribution in [3.05, 3.63) is 42.4 Å². The molecule has 0 radical (unpaired) electrons. The summed E-state index contributed by atoms with van der Waals surface area (Å²) in [6.45, 7) is 7.90. The molecule has 2 aromatic rings. The lowest BCUT2D eigenvalue weighted by Gasteiger charge is -2.13. The van der Waals surface area contributed by atoms with E-state index < -0.39 is 0 Å². The van der Waals surface area contributed by atoms with Gasteiger partial charge in [0.25, 0.3) is 0 Å². The highest BCUT2D eigenvalue weighted by Gasteiger charge is 2.06. The van der Waals surface area contributed by atoms with E-state index in [9.17, 15) is 0 Å². The number of hydrogen-bond donors (Lipinski definition) is 1. The summed E-state index contributed by atoms with van der Waals surface area (Å²) in [5.41, 5.74) is 2.18. The third kappa shape index (κ3) is 3.74. The maximum atomic E-state index is 5.68. The predicted octanol–water partition coefficient (Wildman–Crippen LogP) is 3.30. The van der Waals surface area contributed by atoms with Gasteiger partial charge in [-0.1, -0.05) is 0 Å². The molecular weight excluding hydrogens is 238 g/mol. The van der Waals surface area contributed by atoms with Crippen LogP contribution in [-0.4, -0.2) is 15.7 Å². The summed E-state index contributed by atoms with van der Waals surface area (Å²) < 4.78 is 7.84. The highest BCUT2D eigenvalue weighted by molar-refractivity contribution is 5.52. The van der Waals surface area contributed by atoms with Crippen LogP contribution < -0.4 is 10.1 Å². The zero-order chi connectivity index (χ0) is 13.7. The zero-order valence-corrected chi connectivity index (χ0v) is 11.8. The monoisotopic (exact) mass is 259 g/mol. The van der Waals surface area contributed by atoms with Crippen LogP contribution >= 0.6 is 0 Å². The average molecular weight is 259 g/mol. The second-order valence-electron chi connectivity index (χ2n) is 4.73. The van der Waals surface area contributed by atoms with E-state index in [1.54, 1.807) is 6.20 Å². The lowest BCUT2D eigenvalue weighted by Crippen LogP contribution is -2.09. The number of aromatic nitrogens is 2. The minimum absolute atomic E-state index is 0.122. The SMILES string of the molecule is CCn1ccc(CNc2cccnc2OC(C)C)c1. The van der Waals surface area contributed by atoms with Crippen molar-refractivity contribution < 1.29 is 4.74 Å². The van der Waals surface area contributed by atoms with Gasteiger partial charge in [0.05, 0.1) is 11.8 Å². The van der Waals surface area contributed by atoms with Gasteiger partial charge in [-0.3, -0.25) is 0 Å². The Morgan fingerprint density at radius 2 is 2.21 bits per heavy atom. The molecule has 0 aliphatic rings. The molecule has 0 aromatic carbocycles. The maximum Gasteiger partial charge on any atom is 0.237 e. The van der Waals surface area contributed by atoms with Crippen molar-refractivity contribution in [2.75, 3.05) is 5.32 Å². The summed E-state index contributed by atoms with van der Waals surface area (Å²) in [6, 6.07) is 6.02. The lowest BCUT2D eigenvalue weighted by molar-refractivity contribution is 0.234. The normalized spacial score (nSPS) is 10.7. The van der Waals surface area contributed by atoms with Gasteiger partial charge in [0.2, 0.25) is 5.88 Å². The molecule has 0 fully saturated rings. The predicted molar refractivity (Wildman–Crippen MR) is 77.4 cm³/mol. The van der Waals surface area contributed by atoms with Gasteiger partial charge >= 0.3 is 0 Å². The first kappa shape index (κ1) is 13.5. The van der Waals surface area contributed by atoms with Gasteiger partial charge in [-0.25, -0.2) is 4.98 Å². The minimum atomic E-state index is 0.122. The summed E-state index contributed by atoms with van der Waals surface area (Å²) in [5, 5.41) is 3.37. The third-order valence-electron chi connectivity index (χ3n) is 2.78. The van der Waals surface area contributed by atoms with E-state index in [2.05, 4.69) is 40.3 Å². The van der Waals surface area contributed by atoms with Gasteiger partial charge in [-0.05, 0) is 44.5 Å². The van der Waals surface area contributed by atoms with E-state index >= 15 is 0 Å². The van der Waals surface area contributed by atoms with E-state index in [1.165, 1.54) is 5.56 Å². The first-order chi connectivity index (χ1) is 9.19. The van der Waals surface area contributed by atoms with E-state index in [4.69, 9.17) is 4.74 Å². The van der Waals surface area contributed by atoms with Gasteiger partial charge in [0, 0.05) is 31.7 Å². The van der Waals surface area contributed by atoms with Crippen LogP contribution in [0, 0.1) is 0 Å². The molecule has 0 atom stereocenters. The van der Waals surface area contributed by atoms with Crippen molar-refractivity contribution >= 4 is 5.69 Å². The van der Waals surface area contributed by atoms with Gasteiger partial charge in [-0.2, -0.15) is 0 Å². The first-order valence-electron chi connectivity index (χ1n) is 6.69. The van der Waals surface area contributed by atoms with Crippen LogP contribution in [0.4, 0.5) is 5.69 Å². The van der Waals surface area contributed by atoms with Crippen molar-refractivity contribution in [1.29, 1.82) is 0 Å². The second-order valence-corrected chi connectivity index (χ2v) is 4.73. The number of nitrogens with one attached hydrogen (secondary N) is 1. The van der Waals surface area contributed by atoms with E-state index in [-0.39, 0.29) is 6.10 Å². The van der Waals surface area contributed by atoms with E-state index in [1.807, 2.05) is 26.0 Å². The summed E-state index contributed by atoms with van der Waals surface area (Å²) in [4.78, 5) is 4.26. The van der Waals surface area contributed by atoms with Crippen molar-refractivity contribution in [3.63, 3.8) is 0 Å². The second kappa shape index (κ2) is 6.27. The molecule has 1 N–H and O–H groups in total. The van der Waals surface area contributed by atoms with Gasteiger partial charge in [-0.15, -0.1) is 0 Å². The molecule has 4 nitrogen and oxygen atoms in total. The lowest BCUT2D eigenvalue weighted by atomic mass is 10.3. The fraction of sp³-hybridized carbons (Fsp3) is 0.400. The number of ether oxygens (including phenoxy) is 1. The number of aryl methyl sites for hydroxylation is 1. The van der Waals surface area contributed by atoms with E-state index in [0.29, 0.717) is 5.88 Å². The number of nitrogens with zero attached hydrogens (tertiary/aromatic N) is 2. The Kier molecular flexibility index (Phi) is 4.44. The Balaban J connectivity index is 2.02. The first-order valence-corrected chi connectivity index (χ1v) is 6.69. The minimum Gasteiger partial charge on any atom is -0.473 e. The van der Waals surface area contributed by atoms with Gasteiger partial charge < -0.3 is 14.6 Å². The van der Waals surface area contributed by atoms with E-state index in [0.717, 1.165) is 18.8 Å². The number of rotatable bonds is 6. The molecule has 2 heterocycles. The molecule has 2 aromatic heterocycles. The number of pyridine rings is 1. The average Bonchev–Trinajstić information content (AvgIpc) is 2.85. The van der Waals surface area contributed by atoms with Crippen molar-refractivity contribution in [1.82, 2.24) is 9.55 Å². The van der Waals surface area contributed by atoms with Gasteiger partial charge in [0.15, 0.2) is 0 Å². The van der Waals surface area contributed by atoms with Crippen LogP contribution in [0.15, 0.2) is 36.8 Å². The molecule has 0 amide bonds. The van der Waals surface area contributed by atoms with Crippen LogP contribution in [0.1, 0.15) is 26.3 Å². The summed E-state index contributed by atoms with van der Waals surface area (Å²) in [5.74, 6) is 0.660. The molecule has 2 rings (SSSR count). The standard InChI is InChI=1S/C15H21N3O/c1-4-18-9-7-13(11-18)10-17-14-6-5-8-16-15(14)19-12(2)3/h5-9,11-12,17H,4,10H2,1-3H3. The fourth-order valence-corrected chi connectivity index (χ4v) is 1.83. The molecule has 0 bridgehead atoms. The molecule has 0 aliphatic carbocycles. The molecule has 0 spiro atoms. The fourth-order valence-electron chi connectivity index (χ4n) is 1.83. The van der Waals surface area contributed by atoms with Crippen molar-refractivity contribution in [3.8, 4) is 5.88 Å². The molecule has 4 heteroatoms. The van der Waals surface area contributed by atoms with Crippen molar-refractivity contribution in [2.45, 2.75) is 40.0 Å². The van der Waals surface area contributed by atoms with Crippen LogP contribution in [0.5, 0.6) is 5.88 Å². The van der Waals surface area contributed by atoms with Crippen LogP contribution in [0.2, 0.25) is 0 Å². The Morgan fingerprint density at radius 1 is 1.37 bits per heavy atom. The Labute approximate surface area is 114 Å². The summed E-state index contributed by atoms with van der Waals surface area (Å²) >= 11 is 0. The van der Waals surface area contributed by atoms with Crippen molar-refractivity contribution in [2.24, 2.45) is 0 Å². The van der Waals surface area contributed by atoms with Gasteiger partial charge in [0.1, 0.15) is 0 Å². The zero-order valence-electron chi connectivity index (χ0n) is 11.8. The summed E-state index contributed by atoms with van der Waals surface area (Å²) in [6.07, 6.45) is 6.10. The molecule has 0 saturated heterocycles. The highest BCUT2D eigenvalue weighted by Crippen LogP contribution is 2.22. The van der Waals surface area contributed by atoms with Crippen LogP contribution in [-0.2, 0) is 13.1 Å². The molecule has 102 valence electrons. The molecule has 19 heavy (non-hydrogen) atoms. The molecule has 0 saturated carbocycles.